The molecule has 3 aromatic rings. The molecule has 0 unspecified atom stereocenters. The number of aliphatic hydroxyl groups excluding tert-OH is 1. The Kier molecular flexibility index (Phi) is 4.46. The number of aromatic nitrogens is 3. The average molecular weight is 347 g/mol. The number of terminal acetylenes is 1. The number of hydrogen-bond donors (Lipinski definition) is 1. The predicted octanol–water partition coefficient (Wildman–Crippen LogP) is 2.87. The van der Waals surface area contributed by atoms with E-state index in [1.54, 1.807) is 6.33 Å². The van der Waals surface area contributed by atoms with Crippen molar-refractivity contribution in [3.8, 4) is 12.3 Å². The summed E-state index contributed by atoms with van der Waals surface area (Å²) >= 11 is 0. The minimum absolute atomic E-state index is 0.203. The molecule has 0 amide bonds. The second kappa shape index (κ2) is 6.91. The normalized spacial score (nSPS) is 22.6. The fraction of sp³-hybridized carbons (Fsp3) is 0.333. The lowest BCUT2D eigenvalue weighted by atomic mass is 10.1. The molecule has 0 aliphatic carbocycles. The summed E-state index contributed by atoms with van der Waals surface area (Å²) in [6.45, 7) is 1.87. The highest BCUT2D eigenvalue weighted by Crippen LogP contribution is 2.33. The molecule has 1 saturated heterocycles. The zero-order chi connectivity index (χ0) is 18.1. The van der Waals surface area contributed by atoms with Gasteiger partial charge in [-0.25, -0.2) is 9.97 Å². The largest absolute Gasteiger partial charge is 0.390 e. The van der Waals surface area contributed by atoms with Gasteiger partial charge in [0, 0.05) is 12.6 Å². The number of aliphatic hydroxyl groups is 1. The molecule has 0 saturated carbocycles. The van der Waals surface area contributed by atoms with Crippen LogP contribution < -0.4 is 0 Å². The quantitative estimate of drug-likeness (QED) is 0.737. The Labute approximate surface area is 152 Å². The van der Waals surface area contributed by atoms with E-state index in [1.807, 2.05) is 35.9 Å². The van der Waals surface area contributed by atoms with Crippen LogP contribution in [0.1, 0.15) is 36.4 Å². The van der Waals surface area contributed by atoms with Gasteiger partial charge in [-0.1, -0.05) is 36.3 Å². The standard InChI is InChI=1S/C21H21N3O2/c1-3-16-12-24(19-11-18(25)14(2)26-19)21-20(16)17(22-13-23-21)10-9-15-7-5-4-6-8-15/h1,4-8,12-14,18-19,25H,9-11H2,2H3/t14-,18+,19-/m1/s1. The van der Waals surface area contributed by atoms with Crippen molar-refractivity contribution in [2.24, 2.45) is 0 Å². The van der Waals surface area contributed by atoms with Crippen molar-refractivity contribution < 1.29 is 9.84 Å². The Balaban J connectivity index is 1.70. The van der Waals surface area contributed by atoms with Crippen LogP contribution in [0, 0.1) is 12.3 Å². The summed E-state index contributed by atoms with van der Waals surface area (Å²) in [6, 6.07) is 10.3. The SMILES string of the molecule is C#Cc1cn([C@H]2C[C@H](O)[C@@H](C)O2)c2ncnc(CCc3ccccc3)c12. The number of ether oxygens (including phenoxy) is 1. The predicted molar refractivity (Wildman–Crippen MR) is 99.5 cm³/mol. The minimum atomic E-state index is -0.480. The van der Waals surface area contributed by atoms with Crippen molar-refractivity contribution in [3.63, 3.8) is 0 Å². The first kappa shape index (κ1) is 16.8. The Hall–Kier alpha value is -2.68. The van der Waals surface area contributed by atoms with E-state index in [2.05, 4.69) is 28.0 Å². The summed E-state index contributed by atoms with van der Waals surface area (Å²) in [5.74, 6) is 2.76. The van der Waals surface area contributed by atoms with Gasteiger partial charge in [-0.2, -0.15) is 0 Å². The van der Waals surface area contributed by atoms with E-state index < -0.39 is 6.10 Å². The summed E-state index contributed by atoms with van der Waals surface area (Å²) in [5.41, 5.74) is 3.73. The molecule has 1 aliphatic heterocycles. The molecular weight excluding hydrogens is 326 g/mol. The zero-order valence-electron chi connectivity index (χ0n) is 14.7. The lowest BCUT2D eigenvalue weighted by Gasteiger charge is -2.13. The maximum Gasteiger partial charge on any atom is 0.146 e. The molecule has 1 fully saturated rings. The van der Waals surface area contributed by atoms with Gasteiger partial charge in [0.2, 0.25) is 0 Å². The van der Waals surface area contributed by atoms with Gasteiger partial charge in [-0.05, 0) is 25.3 Å². The maximum atomic E-state index is 10.0. The summed E-state index contributed by atoms with van der Waals surface area (Å²) < 4.78 is 7.81. The molecule has 1 aromatic carbocycles. The van der Waals surface area contributed by atoms with E-state index in [1.165, 1.54) is 5.56 Å². The van der Waals surface area contributed by atoms with Crippen molar-refractivity contribution in [1.29, 1.82) is 0 Å². The number of aryl methyl sites for hydroxylation is 2. The molecule has 2 aromatic heterocycles. The van der Waals surface area contributed by atoms with Crippen LogP contribution in [-0.2, 0) is 17.6 Å². The van der Waals surface area contributed by atoms with Crippen LogP contribution in [0.2, 0.25) is 0 Å². The van der Waals surface area contributed by atoms with Crippen molar-refractivity contribution in [3.05, 3.63) is 59.7 Å². The Morgan fingerprint density at radius 2 is 2.08 bits per heavy atom. The summed E-state index contributed by atoms with van der Waals surface area (Å²) in [7, 11) is 0. The van der Waals surface area contributed by atoms with Crippen LogP contribution in [0.15, 0.2) is 42.9 Å². The average Bonchev–Trinajstić information content (AvgIpc) is 3.21. The van der Waals surface area contributed by atoms with Gasteiger partial charge in [-0.15, -0.1) is 6.42 Å². The number of nitrogens with zero attached hydrogens (tertiary/aromatic N) is 3. The molecule has 0 radical (unpaired) electrons. The van der Waals surface area contributed by atoms with Crippen molar-refractivity contribution >= 4 is 11.0 Å². The van der Waals surface area contributed by atoms with E-state index in [4.69, 9.17) is 11.2 Å². The third-order valence-corrected chi connectivity index (χ3v) is 5.00. The van der Waals surface area contributed by atoms with Crippen LogP contribution >= 0.6 is 0 Å². The first-order valence-electron chi connectivity index (χ1n) is 8.86. The highest BCUT2D eigenvalue weighted by atomic mass is 16.5. The highest BCUT2D eigenvalue weighted by Gasteiger charge is 2.33. The molecule has 1 aliphatic rings. The molecule has 5 nitrogen and oxygen atoms in total. The van der Waals surface area contributed by atoms with Gasteiger partial charge in [-0.3, -0.25) is 0 Å². The fourth-order valence-electron chi connectivity index (χ4n) is 3.55. The van der Waals surface area contributed by atoms with Crippen molar-refractivity contribution in [2.75, 3.05) is 0 Å². The van der Waals surface area contributed by atoms with E-state index >= 15 is 0 Å². The third-order valence-electron chi connectivity index (χ3n) is 5.00. The topological polar surface area (TPSA) is 60.2 Å². The number of fused-ring (bicyclic) bond motifs is 1. The lowest BCUT2D eigenvalue weighted by Crippen LogP contribution is -2.15. The molecule has 3 heterocycles. The molecule has 0 bridgehead atoms. The van der Waals surface area contributed by atoms with E-state index in [0.717, 1.165) is 35.1 Å². The van der Waals surface area contributed by atoms with E-state index in [0.29, 0.717) is 6.42 Å². The van der Waals surface area contributed by atoms with Crippen LogP contribution in [0.3, 0.4) is 0 Å². The smallest absolute Gasteiger partial charge is 0.146 e. The Morgan fingerprint density at radius 3 is 2.77 bits per heavy atom. The monoisotopic (exact) mass is 347 g/mol. The lowest BCUT2D eigenvalue weighted by molar-refractivity contribution is -0.00610. The van der Waals surface area contributed by atoms with Crippen LogP contribution in [0.5, 0.6) is 0 Å². The van der Waals surface area contributed by atoms with Gasteiger partial charge in [0.1, 0.15) is 18.2 Å². The minimum Gasteiger partial charge on any atom is -0.390 e. The van der Waals surface area contributed by atoms with Gasteiger partial charge in [0.15, 0.2) is 0 Å². The maximum absolute atomic E-state index is 10.0. The van der Waals surface area contributed by atoms with Crippen molar-refractivity contribution in [2.45, 2.75) is 44.6 Å². The molecule has 4 rings (SSSR count). The first-order valence-corrected chi connectivity index (χ1v) is 8.86. The highest BCUT2D eigenvalue weighted by molar-refractivity contribution is 5.86. The van der Waals surface area contributed by atoms with Crippen molar-refractivity contribution in [1.82, 2.24) is 14.5 Å². The molecule has 26 heavy (non-hydrogen) atoms. The Morgan fingerprint density at radius 1 is 1.27 bits per heavy atom. The van der Waals surface area contributed by atoms with Crippen LogP contribution in [-0.4, -0.2) is 31.8 Å². The van der Waals surface area contributed by atoms with Gasteiger partial charge in [0.05, 0.1) is 28.9 Å². The Bertz CT molecular complexity index is 949. The van der Waals surface area contributed by atoms with E-state index in [-0.39, 0.29) is 12.3 Å². The molecule has 1 N–H and O–H groups in total. The second-order valence-electron chi connectivity index (χ2n) is 6.70. The molecule has 132 valence electrons. The van der Waals surface area contributed by atoms with Crippen LogP contribution in [0.25, 0.3) is 11.0 Å². The van der Waals surface area contributed by atoms with Gasteiger partial charge >= 0.3 is 0 Å². The number of benzene rings is 1. The zero-order valence-corrected chi connectivity index (χ0v) is 14.7. The van der Waals surface area contributed by atoms with Gasteiger partial charge < -0.3 is 14.4 Å². The summed E-state index contributed by atoms with van der Waals surface area (Å²) in [4.78, 5) is 8.94. The third kappa shape index (κ3) is 2.98. The van der Waals surface area contributed by atoms with Gasteiger partial charge in [0.25, 0.3) is 0 Å². The number of rotatable bonds is 4. The van der Waals surface area contributed by atoms with E-state index in [9.17, 15) is 5.11 Å². The van der Waals surface area contributed by atoms with Crippen LogP contribution in [0.4, 0.5) is 0 Å². The summed E-state index contributed by atoms with van der Waals surface area (Å²) in [5, 5.41) is 10.9. The molecule has 0 spiro atoms. The number of hydrogen-bond acceptors (Lipinski definition) is 4. The molecular formula is C21H21N3O2. The second-order valence-corrected chi connectivity index (χ2v) is 6.70. The summed E-state index contributed by atoms with van der Waals surface area (Å²) in [6.07, 6.45) is 10.5. The molecule has 5 heteroatoms. The first-order chi connectivity index (χ1) is 12.7. The fourth-order valence-corrected chi connectivity index (χ4v) is 3.55. The molecule has 3 atom stereocenters.